The van der Waals surface area contributed by atoms with Crippen molar-refractivity contribution in [3.8, 4) is 5.40 Å². The molecule has 0 spiro atoms. The van der Waals surface area contributed by atoms with Crippen molar-refractivity contribution in [1.82, 2.24) is 0 Å². The molecule has 0 rings (SSSR count). The molecule has 4 heavy (non-hydrogen) atoms. The first-order valence-electron chi connectivity index (χ1n) is 0.447. The van der Waals surface area contributed by atoms with Crippen LogP contribution >= 0.6 is 12.6 Å². The maximum atomic E-state index is 7.18. The van der Waals surface area contributed by atoms with Gasteiger partial charge in [-0.2, -0.15) is 5.26 Å². The molecule has 0 radical (unpaired) electrons. The van der Waals surface area contributed by atoms with Crippen LogP contribution in [-0.4, -0.2) is 0 Å². The van der Waals surface area contributed by atoms with Gasteiger partial charge in [-0.1, -0.05) is 12.6 Å². The van der Waals surface area contributed by atoms with Crippen molar-refractivity contribution in [3.05, 3.63) is 0 Å². The number of hydrogen-bond acceptors (Lipinski definition) is 2. The second-order valence-corrected chi connectivity index (χ2v) is 0.300. The molecule has 1 nitrogen and oxygen atoms in total. The van der Waals surface area contributed by atoms with Gasteiger partial charge in [-0.25, -0.2) is 0 Å². The summed E-state index contributed by atoms with van der Waals surface area (Å²) in [6, 6.07) is 0. The molecule has 0 saturated heterocycles. The zero-order valence-corrected chi connectivity index (χ0v) is 4.88. The van der Waals surface area contributed by atoms with E-state index in [9.17, 15) is 0 Å². The summed E-state index contributed by atoms with van der Waals surface area (Å²) >= 11 is 3.09. The number of thiocyanates is 1. The Morgan fingerprint density at radius 2 is 1.75 bits per heavy atom. The summed E-state index contributed by atoms with van der Waals surface area (Å²) in [5, 5.41) is 8.63. The fraction of sp³-hybridized carbons (Fsp3) is 0. The number of rotatable bonds is 0. The van der Waals surface area contributed by atoms with E-state index in [0.29, 0.717) is 0 Å². The second kappa shape index (κ2) is 9.66. The summed E-state index contributed by atoms with van der Waals surface area (Å²) in [6.07, 6.45) is 0. The smallest absolute Gasteiger partial charge is 0.130 e. The van der Waals surface area contributed by atoms with Crippen LogP contribution in [0.5, 0.6) is 0 Å². The van der Waals surface area contributed by atoms with E-state index in [1.807, 2.05) is 0 Å². The van der Waals surface area contributed by atoms with Crippen molar-refractivity contribution in [2.75, 3.05) is 0 Å². The van der Waals surface area contributed by atoms with Crippen LogP contribution in [-0.2, 0) is 21.1 Å². The van der Waals surface area contributed by atoms with E-state index >= 15 is 0 Å². The topological polar surface area (TPSA) is 23.8 Å². The minimum Gasteiger partial charge on any atom is -0.185 e. The molecule has 0 fully saturated rings. The molecule has 0 N–H and O–H groups in total. The zero-order valence-electron chi connectivity index (χ0n) is 1.71. The molecule has 0 aliphatic rings. The number of nitrogens with zero attached hydrogens (tertiary/aromatic N) is 1. The Morgan fingerprint density at radius 1 is 1.75 bits per heavy atom. The predicted octanol–water partition coefficient (Wildman–Crippen LogP) is 0.395. The third-order valence-corrected chi connectivity index (χ3v) is 0. The third kappa shape index (κ3) is 21.2. The van der Waals surface area contributed by atoms with E-state index in [1.165, 1.54) is 5.40 Å². The summed E-state index contributed by atoms with van der Waals surface area (Å²) in [7, 11) is 0. The molecule has 3 heteroatoms. The minimum atomic E-state index is 0. The Kier molecular flexibility index (Phi) is 21.3. The van der Waals surface area contributed by atoms with E-state index in [1.54, 1.807) is 0 Å². The zero-order chi connectivity index (χ0) is 2.71. The molecule has 0 unspecified atom stereocenters. The Labute approximate surface area is 44.7 Å². The molecule has 26 valence electrons. The van der Waals surface area contributed by atoms with E-state index < -0.39 is 0 Å². The number of hydrogen-bond donors (Lipinski definition) is 1. The van der Waals surface area contributed by atoms with Crippen molar-refractivity contribution in [2.45, 2.75) is 0 Å². The summed E-state index contributed by atoms with van der Waals surface area (Å²) in [6.45, 7) is 0. The molecule has 0 saturated carbocycles. The fourth-order valence-electron chi connectivity index (χ4n) is 0. The van der Waals surface area contributed by atoms with Crippen LogP contribution in [0.15, 0.2) is 0 Å². The summed E-state index contributed by atoms with van der Waals surface area (Å²) < 4.78 is 0. The van der Waals surface area contributed by atoms with Gasteiger partial charge in [0.1, 0.15) is 5.40 Å². The minimum absolute atomic E-state index is 0. The maximum Gasteiger partial charge on any atom is 0.130 e. The molecule has 0 aromatic rings. The van der Waals surface area contributed by atoms with Crippen LogP contribution < -0.4 is 0 Å². The average molecular weight is 254 g/mol. The van der Waals surface area contributed by atoms with E-state index in [2.05, 4.69) is 12.6 Å². The first-order chi connectivity index (χ1) is 1.41. The molecular formula is CHNPtS. The first kappa shape index (κ1) is 8.82. The Hall–Kier alpha value is 0.528. The van der Waals surface area contributed by atoms with Crippen LogP contribution in [0.1, 0.15) is 0 Å². The molecule has 0 aliphatic heterocycles. The van der Waals surface area contributed by atoms with Gasteiger partial charge in [-0.05, 0) is 0 Å². The second-order valence-electron chi connectivity index (χ2n) is 0.100. The van der Waals surface area contributed by atoms with Crippen LogP contribution in [0, 0.1) is 10.7 Å². The van der Waals surface area contributed by atoms with Gasteiger partial charge in [0.25, 0.3) is 0 Å². The van der Waals surface area contributed by atoms with E-state index in [-0.39, 0.29) is 21.1 Å². The SMILES string of the molecule is N#CS.[Pt]. The van der Waals surface area contributed by atoms with Crippen molar-refractivity contribution in [3.63, 3.8) is 0 Å². The van der Waals surface area contributed by atoms with Gasteiger partial charge in [0.15, 0.2) is 0 Å². The third-order valence-electron chi connectivity index (χ3n) is 0. The normalized spacial score (nSPS) is 2.00. The number of thiol groups is 1. The van der Waals surface area contributed by atoms with Gasteiger partial charge in [0.2, 0.25) is 0 Å². The summed E-state index contributed by atoms with van der Waals surface area (Å²) in [4.78, 5) is 0. The van der Waals surface area contributed by atoms with Gasteiger partial charge >= 0.3 is 0 Å². The quantitative estimate of drug-likeness (QED) is 0.491. The van der Waals surface area contributed by atoms with Crippen molar-refractivity contribution >= 4 is 12.6 Å². The average Bonchev–Trinajstić information content (AvgIpc) is 0.918. The molecule has 0 bridgehead atoms. The molecule has 0 atom stereocenters. The fourth-order valence-corrected chi connectivity index (χ4v) is 0. The molecule has 0 aromatic heterocycles. The van der Waals surface area contributed by atoms with Crippen molar-refractivity contribution in [1.29, 1.82) is 5.26 Å². The molecule has 0 aliphatic carbocycles. The summed E-state index contributed by atoms with van der Waals surface area (Å²) in [5.74, 6) is 0. The van der Waals surface area contributed by atoms with Gasteiger partial charge in [-0.3, -0.25) is 0 Å². The van der Waals surface area contributed by atoms with E-state index in [0.717, 1.165) is 0 Å². The standard InChI is InChI=1S/CHNS.Pt/c2-1-3;/h3H;. The van der Waals surface area contributed by atoms with E-state index in [4.69, 9.17) is 5.26 Å². The van der Waals surface area contributed by atoms with Gasteiger partial charge < -0.3 is 0 Å². The molecule has 0 aromatic carbocycles. The molecule has 0 amide bonds. The van der Waals surface area contributed by atoms with Crippen LogP contribution in [0.25, 0.3) is 0 Å². The Bertz CT molecular complexity index is 29.5. The van der Waals surface area contributed by atoms with Gasteiger partial charge in [0, 0.05) is 21.1 Å². The summed E-state index contributed by atoms with van der Waals surface area (Å²) in [5.41, 5.74) is 0. The maximum absolute atomic E-state index is 7.18. The van der Waals surface area contributed by atoms with Crippen molar-refractivity contribution in [2.24, 2.45) is 0 Å². The Morgan fingerprint density at radius 3 is 1.75 bits per heavy atom. The molecular weight excluding hydrogens is 253 g/mol. The van der Waals surface area contributed by atoms with Crippen LogP contribution in [0.3, 0.4) is 0 Å². The molecule has 0 heterocycles. The van der Waals surface area contributed by atoms with Crippen LogP contribution in [0.2, 0.25) is 0 Å². The monoisotopic (exact) mass is 254 g/mol. The number of nitriles is 1. The van der Waals surface area contributed by atoms with Gasteiger partial charge in [0.05, 0.1) is 0 Å². The van der Waals surface area contributed by atoms with Gasteiger partial charge in [-0.15, -0.1) is 0 Å². The largest absolute Gasteiger partial charge is 0.185 e. The van der Waals surface area contributed by atoms with Crippen molar-refractivity contribution < 1.29 is 21.1 Å². The van der Waals surface area contributed by atoms with Crippen LogP contribution in [0.4, 0.5) is 0 Å². The Balaban J connectivity index is 0. The first-order valence-corrected chi connectivity index (χ1v) is 0.894. The predicted molar refractivity (Wildman–Crippen MR) is 14.6 cm³/mol.